The lowest BCUT2D eigenvalue weighted by molar-refractivity contribution is -0.117. The molecule has 114 valence electrons. The van der Waals surface area contributed by atoms with Crippen LogP contribution in [0.5, 0.6) is 11.5 Å². The van der Waals surface area contributed by atoms with Crippen LogP contribution < -0.4 is 14.8 Å². The Bertz CT molecular complexity index is 649. The maximum Gasteiger partial charge on any atom is 0.262 e. The molecule has 0 bridgehead atoms. The van der Waals surface area contributed by atoms with Crippen molar-refractivity contribution in [2.45, 2.75) is 19.9 Å². The van der Waals surface area contributed by atoms with Crippen LogP contribution in [0.4, 0.5) is 0 Å². The molecule has 5 nitrogen and oxygen atoms in total. The van der Waals surface area contributed by atoms with Gasteiger partial charge in [0.05, 0.1) is 7.11 Å². The van der Waals surface area contributed by atoms with Gasteiger partial charge in [-0.3, -0.25) is 4.79 Å². The molecular formula is C17H18N2O3. The molecule has 1 amide bonds. The number of terminal acetylenes is 1. The molecule has 1 N–H and O–H groups in total. The molecule has 0 saturated carbocycles. The highest BCUT2D eigenvalue weighted by atomic mass is 16.5. The Morgan fingerprint density at radius 3 is 2.73 bits per heavy atom. The number of ether oxygens (including phenoxy) is 2. The van der Waals surface area contributed by atoms with E-state index in [2.05, 4.69) is 11.2 Å². The van der Waals surface area contributed by atoms with Gasteiger partial charge in [-0.1, -0.05) is 12.0 Å². The Labute approximate surface area is 130 Å². The van der Waals surface area contributed by atoms with E-state index >= 15 is 0 Å². The molecule has 0 aromatic heterocycles. The number of methoxy groups -OCH3 is 1. The van der Waals surface area contributed by atoms with Gasteiger partial charge >= 0.3 is 0 Å². The molecule has 1 aromatic carbocycles. The normalized spacial score (nSPS) is 10.5. The number of nitrogens with one attached hydrogen (secondary N) is 1. The molecule has 0 unspecified atom stereocenters. The van der Waals surface area contributed by atoms with Crippen molar-refractivity contribution in [3.05, 3.63) is 29.3 Å². The third-order valence-corrected chi connectivity index (χ3v) is 2.59. The van der Waals surface area contributed by atoms with E-state index in [0.717, 1.165) is 0 Å². The second-order valence-corrected chi connectivity index (χ2v) is 4.70. The van der Waals surface area contributed by atoms with E-state index in [9.17, 15) is 4.79 Å². The average Bonchev–Trinajstić information content (AvgIpc) is 2.50. The number of hydrogen-bond donors (Lipinski definition) is 1. The maximum absolute atomic E-state index is 11.9. The minimum Gasteiger partial charge on any atom is -0.493 e. The maximum atomic E-state index is 11.9. The number of amides is 1. The van der Waals surface area contributed by atoms with E-state index in [1.54, 1.807) is 18.2 Å². The van der Waals surface area contributed by atoms with Gasteiger partial charge in [-0.2, -0.15) is 5.26 Å². The third-order valence-electron chi connectivity index (χ3n) is 2.59. The standard InChI is InChI=1S/C17H18N2O3/c1-5-8-22-15-7-6-13(10-16(15)21-4)9-14(11-18)17(20)19-12(2)3/h1,6-7,9-10,12H,8H2,2-4H3,(H,19,20)/b14-9-. The van der Waals surface area contributed by atoms with Crippen molar-refractivity contribution in [1.29, 1.82) is 5.26 Å². The van der Waals surface area contributed by atoms with Gasteiger partial charge < -0.3 is 14.8 Å². The van der Waals surface area contributed by atoms with Crippen molar-refractivity contribution in [2.24, 2.45) is 0 Å². The number of rotatable bonds is 6. The predicted octanol–water partition coefficient (Wildman–Crippen LogP) is 2.14. The third kappa shape index (κ3) is 4.88. The summed E-state index contributed by atoms with van der Waals surface area (Å²) in [4.78, 5) is 11.9. The molecule has 0 aliphatic carbocycles. The monoisotopic (exact) mass is 298 g/mol. The zero-order valence-corrected chi connectivity index (χ0v) is 12.8. The smallest absolute Gasteiger partial charge is 0.262 e. The van der Waals surface area contributed by atoms with Crippen LogP contribution in [0.3, 0.4) is 0 Å². The molecule has 0 saturated heterocycles. The molecule has 0 atom stereocenters. The molecule has 0 fully saturated rings. The molecule has 0 aliphatic heterocycles. The molecule has 22 heavy (non-hydrogen) atoms. The fourth-order valence-corrected chi connectivity index (χ4v) is 1.67. The summed E-state index contributed by atoms with van der Waals surface area (Å²) in [5.41, 5.74) is 0.674. The first-order valence-electron chi connectivity index (χ1n) is 6.68. The lowest BCUT2D eigenvalue weighted by Gasteiger charge is -2.10. The Balaban J connectivity index is 3.06. The number of carbonyl (C=O) groups excluding carboxylic acids is 1. The van der Waals surface area contributed by atoms with Crippen LogP contribution in [0.15, 0.2) is 23.8 Å². The van der Waals surface area contributed by atoms with E-state index in [1.807, 2.05) is 19.9 Å². The number of carbonyl (C=O) groups is 1. The summed E-state index contributed by atoms with van der Waals surface area (Å²) in [5.74, 6) is 2.94. The minimum absolute atomic E-state index is 0.0213. The first-order valence-corrected chi connectivity index (χ1v) is 6.68. The highest BCUT2D eigenvalue weighted by Gasteiger charge is 2.11. The second-order valence-electron chi connectivity index (χ2n) is 4.70. The second kappa shape index (κ2) is 8.39. The lowest BCUT2D eigenvalue weighted by atomic mass is 10.1. The van der Waals surface area contributed by atoms with Gasteiger partial charge in [-0.15, -0.1) is 6.42 Å². The largest absolute Gasteiger partial charge is 0.493 e. The first-order chi connectivity index (χ1) is 10.5. The summed E-state index contributed by atoms with van der Waals surface area (Å²) in [6, 6.07) is 6.92. The van der Waals surface area contributed by atoms with E-state index in [4.69, 9.17) is 21.2 Å². The molecule has 0 radical (unpaired) electrons. The molecule has 1 aromatic rings. The number of nitriles is 1. The van der Waals surface area contributed by atoms with Crippen LogP contribution in [0.1, 0.15) is 19.4 Å². The van der Waals surface area contributed by atoms with Gasteiger partial charge in [-0.05, 0) is 37.6 Å². The fraction of sp³-hybridized carbons (Fsp3) is 0.294. The van der Waals surface area contributed by atoms with Gasteiger partial charge in [0.15, 0.2) is 11.5 Å². The van der Waals surface area contributed by atoms with Crippen LogP contribution in [0.25, 0.3) is 6.08 Å². The van der Waals surface area contributed by atoms with Crippen molar-refractivity contribution in [3.63, 3.8) is 0 Å². The van der Waals surface area contributed by atoms with Crippen LogP contribution in [0.2, 0.25) is 0 Å². The first kappa shape index (κ1) is 17.1. The van der Waals surface area contributed by atoms with Crippen molar-refractivity contribution in [2.75, 3.05) is 13.7 Å². The van der Waals surface area contributed by atoms with Gasteiger partial charge in [0.1, 0.15) is 18.2 Å². The SMILES string of the molecule is C#CCOc1ccc(/C=C(/C#N)C(=O)NC(C)C)cc1OC. The number of hydrogen-bond acceptors (Lipinski definition) is 4. The molecule has 0 spiro atoms. The van der Waals surface area contributed by atoms with Crippen LogP contribution in [-0.4, -0.2) is 25.7 Å². The lowest BCUT2D eigenvalue weighted by Crippen LogP contribution is -2.30. The summed E-state index contributed by atoms with van der Waals surface area (Å²) >= 11 is 0. The van der Waals surface area contributed by atoms with E-state index < -0.39 is 5.91 Å². The fourth-order valence-electron chi connectivity index (χ4n) is 1.67. The number of nitrogens with zero attached hydrogens (tertiary/aromatic N) is 1. The van der Waals surface area contributed by atoms with E-state index in [1.165, 1.54) is 13.2 Å². The summed E-state index contributed by atoms with van der Waals surface area (Å²) in [5, 5.41) is 11.8. The highest BCUT2D eigenvalue weighted by Crippen LogP contribution is 2.28. The molecular weight excluding hydrogens is 280 g/mol. The average molecular weight is 298 g/mol. The van der Waals surface area contributed by atoms with Crippen molar-refractivity contribution in [1.82, 2.24) is 5.32 Å². The van der Waals surface area contributed by atoms with Gasteiger partial charge in [0.2, 0.25) is 0 Å². The predicted molar refractivity (Wildman–Crippen MR) is 84.2 cm³/mol. The minimum atomic E-state index is -0.413. The van der Waals surface area contributed by atoms with Crippen molar-refractivity contribution in [3.8, 4) is 29.9 Å². The zero-order valence-electron chi connectivity index (χ0n) is 12.8. The Kier molecular flexibility index (Phi) is 6.53. The highest BCUT2D eigenvalue weighted by molar-refractivity contribution is 6.01. The molecule has 0 aliphatic rings. The summed E-state index contributed by atoms with van der Waals surface area (Å²) in [7, 11) is 1.50. The van der Waals surface area contributed by atoms with Gasteiger partial charge in [0, 0.05) is 6.04 Å². The topological polar surface area (TPSA) is 71.3 Å². The Morgan fingerprint density at radius 2 is 2.18 bits per heavy atom. The number of benzene rings is 1. The Hall–Kier alpha value is -2.92. The van der Waals surface area contributed by atoms with E-state index in [-0.39, 0.29) is 18.2 Å². The van der Waals surface area contributed by atoms with Crippen molar-refractivity contribution < 1.29 is 14.3 Å². The van der Waals surface area contributed by atoms with Gasteiger partial charge in [-0.25, -0.2) is 0 Å². The van der Waals surface area contributed by atoms with Crippen LogP contribution in [0, 0.1) is 23.7 Å². The van der Waals surface area contributed by atoms with Crippen LogP contribution in [-0.2, 0) is 4.79 Å². The van der Waals surface area contributed by atoms with E-state index in [0.29, 0.717) is 17.1 Å². The van der Waals surface area contributed by atoms with Gasteiger partial charge in [0.25, 0.3) is 5.91 Å². The quantitative estimate of drug-likeness (QED) is 0.496. The summed E-state index contributed by atoms with van der Waals surface area (Å²) in [6.45, 7) is 3.78. The summed E-state index contributed by atoms with van der Waals surface area (Å²) in [6.07, 6.45) is 6.64. The molecule has 1 rings (SSSR count). The molecule has 5 heteroatoms. The summed E-state index contributed by atoms with van der Waals surface area (Å²) < 4.78 is 10.6. The zero-order chi connectivity index (χ0) is 16.5. The van der Waals surface area contributed by atoms with Crippen LogP contribution >= 0.6 is 0 Å². The van der Waals surface area contributed by atoms with Crippen molar-refractivity contribution >= 4 is 12.0 Å². The Morgan fingerprint density at radius 1 is 1.45 bits per heavy atom. The molecule has 0 heterocycles.